The van der Waals surface area contributed by atoms with Gasteiger partial charge in [-0.25, -0.2) is 0 Å². The smallest absolute Gasteiger partial charge is 0.212 e. The van der Waals surface area contributed by atoms with E-state index in [9.17, 15) is 0 Å². The minimum absolute atomic E-state index is 0. The predicted molar refractivity (Wildman–Crippen MR) is 110 cm³/mol. The Kier molecular flexibility index (Phi) is 5.17. The van der Waals surface area contributed by atoms with Gasteiger partial charge in [-0.3, -0.25) is 5.01 Å². The van der Waals surface area contributed by atoms with Crippen molar-refractivity contribution in [3.63, 3.8) is 0 Å². The van der Waals surface area contributed by atoms with Crippen LogP contribution in [0.5, 0.6) is 0 Å². The van der Waals surface area contributed by atoms with Crippen LogP contribution in [-0.2, 0) is 5.41 Å². The van der Waals surface area contributed by atoms with Crippen LogP contribution in [0.1, 0.15) is 38.0 Å². The van der Waals surface area contributed by atoms with E-state index in [0.29, 0.717) is 0 Å². The maximum atomic E-state index is 4.69. The van der Waals surface area contributed by atoms with Gasteiger partial charge in [0.25, 0.3) is 0 Å². The van der Waals surface area contributed by atoms with Gasteiger partial charge in [-0.1, -0.05) is 36.8 Å². The molecular weight excluding hydrogens is 306 g/mol. The molecule has 0 unspecified atom stereocenters. The van der Waals surface area contributed by atoms with Crippen molar-refractivity contribution < 1.29 is 4.58 Å². The van der Waals surface area contributed by atoms with Crippen LogP contribution in [0.25, 0.3) is 0 Å². The molecule has 0 saturated heterocycles. The summed E-state index contributed by atoms with van der Waals surface area (Å²) in [5, 5.41) is 6.61. The van der Waals surface area contributed by atoms with Crippen LogP contribution < -0.4 is 5.01 Å². The molecular formula is C22H30N3+. The lowest BCUT2D eigenvalue weighted by Gasteiger charge is -2.17. The van der Waals surface area contributed by atoms with Crippen LogP contribution in [-0.4, -0.2) is 30.6 Å². The lowest BCUT2D eigenvalue weighted by atomic mass is 9.81. The van der Waals surface area contributed by atoms with Gasteiger partial charge in [0.05, 0.1) is 11.1 Å². The van der Waals surface area contributed by atoms with Gasteiger partial charge in [0.15, 0.2) is 0 Å². The van der Waals surface area contributed by atoms with Crippen LogP contribution in [0.15, 0.2) is 47.6 Å². The Morgan fingerprint density at radius 1 is 1.00 bits per heavy atom. The second-order valence-corrected chi connectivity index (χ2v) is 7.19. The molecule has 0 N–H and O–H groups in total. The summed E-state index contributed by atoms with van der Waals surface area (Å²) in [6, 6.07) is 15.1. The first-order chi connectivity index (χ1) is 11.3. The molecule has 3 rings (SSSR count). The fraction of sp³-hybridized carbons (Fsp3) is 0.364. The third-order valence-corrected chi connectivity index (χ3v) is 4.95. The van der Waals surface area contributed by atoms with Gasteiger partial charge in [0.1, 0.15) is 13.3 Å². The van der Waals surface area contributed by atoms with Crippen molar-refractivity contribution >= 4 is 23.3 Å². The Bertz CT molecular complexity index is 827. The molecule has 3 nitrogen and oxygen atoms in total. The maximum absolute atomic E-state index is 4.69. The summed E-state index contributed by atoms with van der Waals surface area (Å²) in [7, 11) is 4.11. The van der Waals surface area contributed by atoms with Gasteiger partial charge in [-0.15, -0.1) is 0 Å². The van der Waals surface area contributed by atoms with E-state index in [-0.39, 0.29) is 12.8 Å². The molecule has 0 aromatic heterocycles. The highest BCUT2D eigenvalue weighted by Crippen LogP contribution is 2.38. The largest absolute Gasteiger partial charge is 0.268 e. The number of hydrazone groups is 1. The summed E-state index contributed by atoms with van der Waals surface area (Å²) < 4.78 is 2.25. The van der Waals surface area contributed by atoms with Gasteiger partial charge in [0, 0.05) is 18.7 Å². The van der Waals surface area contributed by atoms with Gasteiger partial charge >= 0.3 is 0 Å². The molecule has 0 radical (unpaired) electrons. The molecule has 0 saturated carbocycles. The molecule has 0 fully saturated rings. The van der Waals surface area contributed by atoms with Crippen molar-refractivity contribution in [2.45, 2.75) is 40.5 Å². The molecule has 0 amide bonds. The van der Waals surface area contributed by atoms with Crippen LogP contribution in [0.2, 0.25) is 0 Å². The Balaban J connectivity index is 0.00000225. The number of anilines is 1. The number of fused-ring (bicyclic) bond motifs is 1. The van der Waals surface area contributed by atoms with Gasteiger partial charge in [-0.2, -0.15) is 9.68 Å². The highest BCUT2D eigenvalue weighted by Gasteiger charge is 2.43. The van der Waals surface area contributed by atoms with E-state index in [1.165, 1.54) is 28.1 Å². The number of benzene rings is 2. The monoisotopic (exact) mass is 336 g/mol. The van der Waals surface area contributed by atoms with Crippen molar-refractivity contribution in [1.82, 2.24) is 0 Å². The maximum Gasteiger partial charge on any atom is 0.212 e. The van der Waals surface area contributed by atoms with E-state index < -0.39 is 0 Å². The molecule has 0 atom stereocenters. The van der Waals surface area contributed by atoms with E-state index >= 15 is 0 Å². The molecule has 0 aliphatic carbocycles. The Morgan fingerprint density at radius 3 is 2.24 bits per heavy atom. The predicted octanol–water partition coefficient (Wildman–Crippen LogP) is 5.07. The van der Waals surface area contributed by atoms with E-state index in [0.717, 1.165) is 5.69 Å². The van der Waals surface area contributed by atoms with Crippen LogP contribution in [0.4, 0.5) is 11.4 Å². The average molecular weight is 337 g/mol. The molecule has 25 heavy (non-hydrogen) atoms. The molecule has 0 bridgehead atoms. The lowest BCUT2D eigenvalue weighted by molar-refractivity contribution is -0.400. The van der Waals surface area contributed by atoms with E-state index in [1.807, 2.05) is 18.3 Å². The van der Waals surface area contributed by atoms with Crippen molar-refractivity contribution in [3.05, 3.63) is 59.2 Å². The minimum atomic E-state index is -0.0479. The van der Waals surface area contributed by atoms with Gasteiger partial charge < -0.3 is 0 Å². The number of hydrogen-bond acceptors (Lipinski definition) is 2. The summed E-state index contributed by atoms with van der Waals surface area (Å²) >= 11 is 0. The zero-order valence-corrected chi connectivity index (χ0v) is 15.5. The molecule has 0 spiro atoms. The SMILES string of the molecule is C.Cc1ccc(N(C)N=CC2=[N+](C)c3ccc(C)cc3C2(C)C)cc1. The second-order valence-electron chi connectivity index (χ2n) is 7.19. The fourth-order valence-electron chi connectivity index (χ4n) is 3.35. The first-order valence-electron chi connectivity index (χ1n) is 8.37. The zero-order chi connectivity index (χ0) is 17.5. The molecule has 2 aromatic rings. The number of aryl methyl sites for hydroxylation is 2. The Morgan fingerprint density at radius 2 is 1.60 bits per heavy atom. The molecule has 1 heterocycles. The third kappa shape index (κ3) is 3.37. The third-order valence-electron chi connectivity index (χ3n) is 4.95. The fourth-order valence-corrected chi connectivity index (χ4v) is 3.35. The second kappa shape index (κ2) is 6.83. The summed E-state index contributed by atoms with van der Waals surface area (Å²) in [6.45, 7) is 8.77. The van der Waals surface area contributed by atoms with Crippen molar-refractivity contribution in [3.8, 4) is 0 Å². The normalized spacial score (nSPS) is 15.3. The molecule has 3 heteroatoms. The topological polar surface area (TPSA) is 18.6 Å². The van der Waals surface area contributed by atoms with Crippen LogP contribution in [0, 0.1) is 13.8 Å². The number of hydrogen-bond donors (Lipinski definition) is 0. The number of nitrogens with zero attached hydrogens (tertiary/aromatic N) is 3. The van der Waals surface area contributed by atoms with E-state index in [1.54, 1.807) is 0 Å². The van der Waals surface area contributed by atoms with Crippen molar-refractivity contribution in [2.24, 2.45) is 5.10 Å². The van der Waals surface area contributed by atoms with Gasteiger partial charge in [-0.05, 0) is 45.9 Å². The van der Waals surface area contributed by atoms with Crippen LogP contribution >= 0.6 is 0 Å². The highest BCUT2D eigenvalue weighted by atomic mass is 15.4. The van der Waals surface area contributed by atoms with Gasteiger partial charge in [0.2, 0.25) is 11.4 Å². The molecule has 1 aliphatic heterocycles. The highest BCUT2D eigenvalue weighted by molar-refractivity contribution is 6.33. The molecule has 132 valence electrons. The van der Waals surface area contributed by atoms with Crippen LogP contribution in [0.3, 0.4) is 0 Å². The molecule has 2 aromatic carbocycles. The van der Waals surface area contributed by atoms with Crippen molar-refractivity contribution in [2.75, 3.05) is 19.1 Å². The summed E-state index contributed by atoms with van der Waals surface area (Å²) in [5.41, 5.74) is 7.44. The van der Waals surface area contributed by atoms with E-state index in [2.05, 4.69) is 86.9 Å². The Hall–Kier alpha value is -2.42. The molecule has 1 aliphatic rings. The minimum Gasteiger partial charge on any atom is -0.268 e. The first kappa shape index (κ1) is 18.9. The lowest BCUT2D eigenvalue weighted by Crippen LogP contribution is -2.30. The first-order valence-corrected chi connectivity index (χ1v) is 8.37. The summed E-state index contributed by atoms with van der Waals surface area (Å²) in [5.74, 6) is 0. The summed E-state index contributed by atoms with van der Waals surface area (Å²) in [6.07, 6.45) is 2.00. The standard InChI is InChI=1S/C21H26N3.CH4/c1-15-7-10-17(11-8-15)24(6)22-14-20-21(3,4)18-13-16(2)9-12-19(18)23(20)5;/h7-14H,1-6H3;1H4/q+1;. The van der Waals surface area contributed by atoms with E-state index in [4.69, 9.17) is 0 Å². The Labute approximate surface area is 152 Å². The van der Waals surface area contributed by atoms with Crippen molar-refractivity contribution in [1.29, 1.82) is 0 Å². The summed E-state index contributed by atoms with van der Waals surface area (Å²) in [4.78, 5) is 0. The average Bonchev–Trinajstić information content (AvgIpc) is 2.72. The zero-order valence-electron chi connectivity index (χ0n) is 15.5. The number of rotatable bonds is 3. The quantitative estimate of drug-likeness (QED) is 0.435.